The van der Waals surface area contributed by atoms with Crippen LogP contribution in [0, 0.1) is 11.3 Å². The molecule has 0 aromatic heterocycles. The van der Waals surface area contributed by atoms with Crippen LogP contribution in [0.1, 0.15) is 54.4 Å². The van der Waals surface area contributed by atoms with Crippen molar-refractivity contribution in [1.82, 2.24) is 0 Å². The molecule has 0 radical (unpaired) electrons. The third kappa shape index (κ3) is 8.52. The maximum absolute atomic E-state index is 4.86. The van der Waals surface area contributed by atoms with E-state index in [-0.39, 0.29) is 0 Å². The van der Waals surface area contributed by atoms with Crippen LogP contribution < -0.4 is 0 Å². The van der Waals surface area contributed by atoms with Crippen molar-refractivity contribution in [3.8, 4) is 0 Å². The molecule has 1 atom stereocenters. The fourth-order valence-corrected chi connectivity index (χ4v) is 1.52. The molecule has 0 saturated heterocycles. The Bertz CT molecular complexity index is 105. The quantitative estimate of drug-likeness (QED) is 0.382. The van der Waals surface area contributed by atoms with Crippen LogP contribution in [0.5, 0.6) is 0 Å². The molecule has 0 N–H and O–H groups in total. The van der Waals surface area contributed by atoms with Gasteiger partial charge < -0.3 is 0 Å². The number of hydrogen-bond donors (Lipinski definition) is 0. The van der Waals surface area contributed by atoms with Crippen molar-refractivity contribution in [3.63, 3.8) is 0 Å². The minimum atomic E-state index is 0.381. The van der Waals surface area contributed by atoms with Crippen LogP contribution in [0.15, 0.2) is 0 Å². The first-order valence-electron chi connectivity index (χ1n) is 5.68. The molecule has 88 valence electrons. The lowest BCUT2D eigenvalue weighted by atomic mass is 9.77. The molecule has 0 spiro atoms. The first-order chi connectivity index (χ1) is 6.52. The van der Waals surface area contributed by atoms with Crippen LogP contribution in [-0.2, 0) is 9.78 Å². The lowest BCUT2D eigenvalue weighted by Gasteiger charge is -2.29. The third-order valence-electron chi connectivity index (χ3n) is 2.39. The van der Waals surface area contributed by atoms with Gasteiger partial charge in [0, 0.05) is 0 Å². The SMILES string of the molecule is CC.CCC(CCOOC)C(C)(C)C. The van der Waals surface area contributed by atoms with Gasteiger partial charge in [0.05, 0.1) is 13.7 Å². The van der Waals surface area contributed by atoms with E-state index in [1.54, 1.807) is 7.11 Å². The summed E-state index contributed by atoms with van der Waals surface area (Å²) < 4.78 is 0. The third-order valence-corrected chi connectivity index (χ3v) is 2.39. The largest absolute Gasteiger partial charge is 0.240 e. The summed E-state index contributed by atoms with van der Waals surface area (Å²) >= 11 is 0. The Balaban J connectivity index is 0. The normalized spacial score (nSPS) is 13.1. The second kappa shape index (κ2) is 9.47. The lowest BCUT2D eigenvalue weighted by molar-refractivity contribution is -0.275. The minimum absolute atomic E-state index is 0.381. The van der Waals surface area contributed by atoms with Crippen molar-refractivity contribution in [3.05, 3.63) is 0 Å². The van der Waals surface area contributed by atoms with E-state index >= 15 is 0 Å². The second-order valence-electron chi connectivity index (χ2n) is 4.25. The first-order valence-corrected chi connectivity index (χ1v) is 5.68. The van der Waals surface area contributed by atoms with Crippen LogP contribution in [0.3, 0.4) is 0 Å². The van der Waals surface area contributed by atoms with E-state index in [2.05, 4.69) is 32.6 Å². The molecule has 14 heavy (non-hydrogen) atoms. The van der Waals surface area contributed by atoms with Crippen LogP contribution in [-0.4, -0.2) is 13.7 Å². The Morgan fingerprint density at radius 1 is 1.14 bits per heavy atom. The van der Waals surface area contributed by atoms with Crippen LogP contribution in [0.4, 0.5) is 0 Å². The summed E-state index contributed by atoms with van der Waals surface area (Å²) in [6.07, 6.45) is 2.28. The van der Waals surface area contributed by atoms with Crippen LogP contribution >= 0.6 is 0 Å². The Hall–Kier alpha value is -0.0800. The van der Waals surface area contributed by atoms with Crippen molar-refractivity contribution < 1.29 is 9.78 Å². The molecular formula is C12H28O2. The van der Waals surface area contributed by atoms with Crippen molar-refractivity contribution >= 4 is 0 Å². The van der Waals surface area contributed by atoms with E-state index in [0.717, 1.165) is 6.42 Å². The first kappa shape index (κ1) is 16.4. The van der Waals surface area contributed by atoms with Crippen LogP contribution in [0.25, 0.3) is 0 Å². The summed E-state index contributed by atoms with van der Waals surface area (Å²) in [6.45, 7) is 13.7. The van der Waals surface area contributed by atoms with E-state index in [0.29, 0.717) is 17.9 Å². The van der Waals surface area contributed by atoms with Gasteiger partial charge in [-0.05, 0) is 17.8 Å². The molecule has 0 rings (SSSR count). The molecule has 0 aliphatic carbocycles. The van der Waals surface area contributed by atoms with Gasteiger partial charge in [-0.25, -0.2) is 9.78 Å². The predicted molar refractivity (Wildman–Crippen MR) is 62.2 cm³/mol. The molecule has 0 heterocycles. The fourth-order valence-electron chi connectivity index (χ4n) is 1.52. The van der Waals surface area contributed by atoms with Crippen molar-refractivity contribution in [1.29, 1.82) is 0 Å². The predicted octanol–water partition coefficient (Wildman–Crippen LogP) is 4.05. The van der Waals surface area contributed by atoms with E-state index < -0.39 is 0 Å². The number of hydrogen-bond acceptors (Lipinski definition) is 2. The van der Waals surface area contributed by atoms with Crippen LogP contribution in [0.2, 0.25) is 0 Å². The van der Waals surface area contributed by atoms with Crippen molar-refractivity contribution in [2.24, 2.45) is 11.3 Å². The number of rotatable bonds is 5. The topological polar surface area (TPSA) is 18.5 Å². The van der Waals surface area contributed by atoms with Gasteiger partial charge in [0.2, 0.25) is 0 Å². The monoisotopic (exact) mass is 204 g/mol. The molecule has 0 aromatic carbocycles. The molecular weight excluding hydrogens is 176 g/mol. The maximum Gasteiger partial charge on any atom is 0.0825 e. The molecule has 0 bridgehead atoms. The average molecular weight is 204 g/mol. The summed E-state index contributed by atoms with van der Waals surface area (Å²) in [4.78, 5) is 9.41. The highest BCUT2D eigenvalue weighted by atomic mass is 17.2. The van der Waals surface area contributed by atoms with Gasteiger partial charge in [0.15, 0.2) is 0 Å². The van der Waals surface area contributed by atoms with Crippen molar-refractivity contribution in [2.75, 3.05) is 13.7 Å². The van der Waals surface area contributed by atoms with Gasteiger partial charge >= 0.3 is 0 Å². The van der Waals surface area contributed by atoms with Gasteiger partial charge in [-0.15, -0.1) is 0 Å². The van der Waals surface area contributed by atoms with E-state index in [1.807, 2.05) is 13.8 Å². The summed E-state index contributed by atoms with van der Waals surface area (Å²) in [7, 11) is 1.55. The zero-order valence-corrected chi connectivity index (χ0v) is 11.0. The summed E-state index contributed by atoms with van der Waals surface area (Å²) in [5.74, 6) is 0.715. The lowest BCUT2D eigenvalue weighted by Crippen LogP contribution is -2.21. The molecule has 2 heteroatoms. The summed E-state index contributed by atoms with van der Waals surface area (Å²) in [5.41, 5.74) is 0.381. The highest BCUT2D eigenvalue weighted by Gasteiger charge is 2.22. The van der Waals surface area contributed by atoms with E-state index in [1.165, 1.54) is 6.42 Å². The van der Waals surface area contributed by atoms with Gasteiger partial charge in [0.1, 0.15) is 0 Å². The Labute approximate surface area is 89.9 Å². The van der Waals surface area contributed by atoms with E-state index in [4.69, 9.17) is 4.89 Å². The van der Waals surface area contributed by atoms with Crippen molar-refractivity contribution in [2.45, 2.75) is 54.4 Å². The average Bonchev–Trinajstić information content (AvgIpc) is 2.14. The molecule has 0 amide bonds. The molecule has 0 saturated carbocycles. The van der Waals surface area contributed by atoms with Gasteiger partial charge in [-0.2, -0.15) is 0 Å². The smallest absolute Gasteiger partial charge is 0.0825 e. The zero-order valence-electron chi connectivity index (χ0n) is 11.0. The zero-order chi connectivity index (χ0) is 11.6. The molecule has 0 fully saturated rings. The summed E-state index contributed by atoms with van der Waals surface area (Å²) in [5, 5.41) is 0. The van der Waals surface area contributed by atoms with Gasteiger partial charge in [-0.3, -0.25) is 0 Å². The van der Waals surface area contributed by atoms with E-state index in [9.17, 15) is 0 Å². The Morgan fingerprint density at radius 3 is 1.93 bits per heavy atom. The standard InChI is InChI=1S/C10H22O2.C2H6/c1-6-9(10(2,3)4)7-8-12-11-5;1-2/h9H,6-8H2,1-5H3;1-2H3. The second-order valence-corrected chi connectivity index (χ2v) is 4.25. The molecule has 0 aromatic rings. The Morgan fingerprint density at radius 2 is 1.64 bits per heavy atom. The minimum Gasteiger partial charge on any atom is -0.240 e. The van der Waals surface area contributed by atoms with Gasteiger partial charge in [0.25, 0.3) is 0 Å². The Kier molecular flexibility index (Phi) is 11.1. The molecule has 1 unspecified atom stereocenters. The fraction of sp³-hybridized carbons (Fsp3) is 1.00. The summed E-state index contributed by atoms with van der Waals surface area (Å²) in [6, 6.07) is 0. The highest BCUT2D eigenvalue weighted by Crippen LogP contribution is 2.30. The molecule has 0 aliphatic rings. The van der Waals surface area contributed by atoms with Gasteiger partial charge in [-0.1, -0.05) is 48.0 Å². The maximum atomic E-state index is 4.86. The molecule has 2 nitrogen and oxygen atoms in total. The molecule has 0 aliphatic heterocycles. The highest BCUT2D eigenvalue weighted by molar-refractivity contribution is 4.72.